The second-order valence-electron chi connectivity index (χ2n) is 6.68. The normalized spacial score (nSPS) is 15.2. The van der Waals surface area contributed by atoms with E-state index in [9.17, 15) is 13.2 Å². The summed E-state index contributed by atoms with van der Waals surface area (Å²) in [7, 11) is -3.57. The molecule has 0 bridgehead atoms. The number of nitrogens with zero attached hydrogens (tertiary/aromatic N) is 1. The van der Waals surface area contributed by atoms with Crippen LogP contribution in [0.4, 0.5) is 0 Å². The number of ether oxygens (including phenoxy) is 1. The molecule has 3 rings (SSSR count). The van der Waals surface area contributed by atoms with E-state index in [1.807, 2.05) is 32.9 Å². The van der Waals surface area contributed by atoms with Gasteiger partial charge >= 0.3 is 5.97 Å². The van der Waals surface area contributed by atoms with E-state index < -0.39 is 16.0 Å². The number of aryl methyl sites for hydroxylation is 2. The van der Waals surface area contributed by atoms with Gasteiger partial charge in [-0.25, -0.2) is 13.2 Å². The third-order valence-corrected chi connectivity index (χ3v) is 6.74. The van der Waals surface area contributed by atoms with Crippen LogP contribution in [0.3, 0.4) is 0 Å². The number of hydrogen-bond acceptors (Lipinski definition) is 4. The zero-order chi connectivity index (χ0) is 18.9. The number of carbonyl (C=O) groups excluding carboxylic acids is 1. The second-order valence-corrected chi connectivity index (χ2v) is 8.62. The quantitative estimate of drug-likeness (QED) is 0.607. The molecule has 1 fully saturated rings. The SMILES string of the molecule is Cc1ccc(C)c(OC(=O)c2cccc(S(=O)(=O)N3CCCC3)c2)c1C. The molecule has 1 aliphatic heterocycles. The Labute approximate surface area is 154 Å². The summed E-state index contributed by atoms with van der Waals surface area (Å²) in [5.74, 6) is -0.0249. The van der Waals surface area contributed by atoms with Gasteiger partial charge in [0.1, 0.15) is 5.75 Å². The van der Waals surface area contributed by atoms with E-state index in [2.05, 4.69) is 0 Å². The number of hydrogen-bond donors (Lipinski definition) is 0. The summed E-state index contributed by atoms with van der Waals surface area (Å²) in [5.41, 5.74) is 3.02. The molecule has 1 aliphatic rings. The molecule has 0 amide bonds. The fraction of sp³-hybridized carbons (Fsp3) is 0.350. The second kappa shape index (κ2) is 7.21. The molecule has 2 aromatic carbocycles. The van der Waals surface area contributed by atoms with E-state index in [0.29, 0.717) is 18.8 Å². The summed E-state index contributed by atoms with van der Waals surface area (Å²) in [4.78, 5) is 12.7. The highest BCUT2D eigenvalue weighted by Gasteiger charge is 2.28. The molecule has 5 nitrogen and oxygen atoms in total. The molecule has 0 unspecified atom stereocenters. The predicted octanol–water partition coefficient (Wildman–Crippen LogP) is 3.62. The van der Waals surface area contributed by atoms with Crippen molar-refractivity contribution < 1.29 is 17.9 Å². The number of sulfonamides is 1. The van der Waals surface area contributed by atoms with Crippen LogP contribution in [0.25, 0.3) is 0 Å². The van der Waals surface area contributed by atoms with Crippen LogP contribution in [-0.4, -0.2) is 31.8 Å². The standard InChI is InChI=1S/C20H23NO4S/c1-14-9-10-15(2)19(16(14)3)25-20(22)17-7-6-8-18(13-17)26(23,24)21-11-4-5-12-21/h6-10,13H,4-5,11-12H2,1-3H3. The fourth-order valence-corrected chi connectivity index (χ4v) is 4.66. The Morgan fingerprint density at radius 3 is 2.35 bits per heavy atom. The minimum absolute atomic E-state index is 0.131. The minimum atomic E-state index is -3.57. The van der Waals surface area contributed by atoms with E-state index in [1.54, 1.807) is 12.1 Å². The first-order valence-corrected chi connectivity index (χ1v) is 10.1. The van der Waals surface area contributed by atoms with Gasteiger partial charge in [0.2, 0.25) is 10.0 Å². The van der Waals surface area contributed by atoms with Crippen LogP contribution in [0, 0.1) is 20.8 Å². The van der Waals surface area contributed by atoms with Crippen molar-refractivity contribution in [1.82, 2.24) is 4.31 Å². The van der Waals surface area contributed by atoms with Crippen molar-refractivity contribution >= 4 is 16.0 Å². The molecule has 1 saturated heterocycles. The molecule has 1 heterocycles. The van der Waals surface area contributed by atoms with Crippen molar-refractivity contribution in [3.8, 4) is 5.75 Å². The summed E-state index contributed by atoms with van der Waals surface area (Å²) in [6, 6.07) is 9.95. The molecule has 26 heavy (non-hydrogen) atoms. The van der Waals surface area contributed by atoms with Gasteiger partial charge in [-0.05, 0) is 68.5 Å². The van der Waals surface area contributed by atoms with Gasteiger partial charge < -0.3 is 4.74 Å². The molecule has 0 aromatic heterocycles. The Kier molecular flexibility index (Phi) is 5.16. The van der Waals surface area contributed by atoms with Gasteiger partial charge in [0.25, 0.3) is 0 Å². The van der Waals surface area contributed by atoms with Gasteiger partial charge in [0.15, 0.2) is 0 Å². The Hall–Kier alpha value is -2.18. The lowest BCUT2D eigenvalue weighted by molar-refractivity contribution is 0.0732. The Morgan fingerprint density at radius 2 is 1.65 bits per heavy atom. The molecular weight excluding hydrogens is 350 g/mol. The van der Waals surface area contributed by atoms with Crippen molar-refractivity contribution in [3.63, 3.8) is 0 Å². The zero-order valence-electron chi connectivity index (χ0n) is 15.3. The molecule has 0 spiro atoms. The first-order chi connectivity index (χ1) is 12.3. The average Bonchev–Trinajstić information content (AvgIpc) is 3.17. The van der Waals surface area contributed by atoms with Crippen molar-refractivity contribution in [2.75, 3.05) is 13.1 Å². The number of esters is 1. The summed E-state index contributed by atoms with van der Waals surface area (Å²) in [6.45, 7) is 6.79. The Balaban J connectivity index is 1.89. The highest BCUT2D eigenvalue weighted by molar-refractivity contribution is 7.89. The zero-order valence-corrected chi connectivity index (χ0v) is 16.1. The predicted molar refractivity (Wildman–Crippen MR) is 100 cm³/mol. The van der Waals surface area contributed by atoms with Gasteiger partial charge in [-0.15, -0.1) is 0 Å². The maximum absolute atomic E-state index is 12.7. The molecule has 0 radical (unpaired) electrons. The molecule has 2 aromatic rings. The van der Waals surface area contributed by atoms with E-state index >= 15 is 0 Å². The van der Waals surface area contributed by atoms with E-state index in [4.69, 9.17) is 4.74 Å². The molecule has 0 N–H and O–H groups in total. The van der Waals surface area contributed by atoms with Crippen molar-refractivity contribution in [2.24, 2.45) is 0 Å². The highest BCUT2D eigenvalue weighted by atomic mass is 32.2. The summed E-state index contributed by atoms with van der Waals surface area (Å²) in [6.07, 6.45) is 1.74. The average molecular weight is 373 g/mol. The van der Waals surface area contributed by atoms with Gasteiger partial charge in [0, 0.05) is 13.1 Å². The van der Waals surface area contributed by atoms with Crippen LogP contribution in [-0.2, 0) is 10.0 Å². The largest absolute Gasteiger partial charge is 0.422 e. The Morgan fingerprint density at radius 1 is 1.00 bits per heavy atom. The summed E-state index contributed by atoms with van der Waals surface area (Å²) >= 11 is 0. The van der Waals surface area contributed by atoms with Crippen molar-refractivity contribution in [2.45, 2.75) is 38.5 Å². The summed E-state index contributed by atoms with van der Waals surface area (Å²) in [5, 5.41) is 0. The van der Waals surface area contributed by atoms with Crippen LogP contribution < -0.4 is 4.74 Å². The van der Waals surface area contributed by atoms with E-state index in [0.717, 1.165) is 29.5 Å². The highest BCUT2D eigenvalue weighted by Crippen LogP contribution is 2.27. The molecule has 6 heteroatoms. The lowest BCUT2D eigenvalue weighted by Gasteiger charge is -2.16. The number of carbonyl (C=O) groups is 1. The summed E-state index contributed by atoms with van der Waals surface area (Å²) < 4.78 is 32.4. The Bertz CT molecular complexity index is 944. The molecule has 0 atom stereocenters. The lowest BCUT2D eigenvalue weighted by Crippen LogP contribution is -2.28. The van der Waals surface area contributed by atoms with Gasteiger partial charge in [-0.2, -0.15) is 4.31 Å². The topological polar surface area (TPSA) is 63.7 Å². The van der Waals surface area contributed by atoms with Crippen LogP contribution in [0.2, 0.25) is 0 Å². The molecule has 0 aliphatic carbocycles. The fourth-order valence-electron chi connectivity index (χ4n) is 3.10. The lowest BCUT2D eigenvalue weighted by atomic mass is 10.1. The third-order valence-electron chi connectivity index (χ3n) is 4.84. The molecule has 0 saturated carbocycles. The van der Waals surface area contributed by atoms with Crippen molar-refractivity contribution in [3.05, 3.63) is 58.7 Å². The first-order valence-electron chi connectivity index (χ1n) is 8.70. The number of rotatable bonds is 4. The van der Waals surface area contributed by atoms with Gasteiger partial charge in [0.05, 0.1) is 10.5 Å². The van der Waals surface area contributed by atoms with E-state index in [1.165, 1.54) is 16.4 Å². The van der Waals surface area contributed by atoms with Crippen molar-refractivity contribution in [1.29, 1.82) is 0 Å². The maximum atomic E-state index is 12.7. The molecule has 138 valence electrons. The smallest absolute Gasteiger partial charge is 0.343 e. The minimum Gasteiger partial charge on any atom is -0.422 e. The van der Waals surface area contributed by atoms with Gasteiger partial charge in [-0.3, -0.25) is 0 Å². The van der Waals surface area contributed by atoms with Crippen LogP contribution in [0.5, 0.6) is 5.75 Å². The van der Waals surface area contributed by atoms with Crippen LogP contribution in [0.15, 0.2) is 41.3 Å². The van der Waals surface area contributed by atoms with E-state index in [-0.39, 0.29) is 10.5 Å². The maximum Gasteiger partial charge on any atom is 0.343 e. The van der Waals surface area contributed by atoms with Crippen LogP contribution in [0.1, 0.15) is 39.9 Å². The van der Waals surface area contributed by atoms with Gasteiger partial charge in [-0.1, -0.05) is 18.2 Å². The monoisotopic (exact) mass is 373 g/mol. The first kappa shape index (κ1) is 18.6. The van der Waals surface area contributed by atoms with Crippen LogP contribution >= 0.6 is 0 Å². The molecular formula is C20H23NO4S. The third kappa shape index (κ3) is 3.52. The number of benzene rings is 2.